The molecule has 2 amide bonds. The van der Waals surface area contributed by atoms with Crippen LogP contribution in [0.1, 0.15) is 45.1 Å². The van der Waals surface area contributed by atoms with Crippen LogP contribution < -0.4 is 10.6 Å². The number of aliphatic hydroxyl groups excluding tert-OH is 1. The zero-order chi connectivity index (χ0) is 22.9. The van der Waals surface area contributed by atoms with Gasteiger partial charge in [-0.05, 0) is 36.1 Å². The van der Waals surface area contributed by atoms with Gasteiger partial charge in [0.05, 0.1) is 23.2 Å². The maximum Gasteiger partial charge on any atom is 0.324 e. The van der Waals surface area contributed by atoms with Crippen molar-refractivity contribution in [1.82, 2.24) is 9.78 Å². The lowest BCUT2D eigenvalue weighted by molar-refractivity contribution is 0.199. The van der Waals surface area contributed by atoms with Gasteiger partial charge in [-0.25, -0.2) is 9.48 Å². The number of nitrogens with one attached hydrogen (secondary N) is 2. The van der Waals surface area contributed by atoms with Crippen LogP contribution in [-0.4, -0.2) is 20.9 Å². The Morgan fingerprint density at radius 1 is 0.969 bits per heavy atom. The number of hydrogen-bond donors (Lipinski definition) is 3. The predicted octanol–water partition coefficient (Wildman–Crippen LogP) is 6.02. The van der Waals surface area contributed by atoms with Gasteiger partial charge in [0.15, 0.2) is 0 Å². The number of rotatable bonds is 4. The van der Waals surface area contributed by atoms with Crippen LogP contribution in [-0.2, 0) is 5.41 Å². The highest BCUT2D eigenvalue weighted by Gasteiger charge is 2.22. The van der Waals surface area contributed by atoms with Crippen LogP contribution >= 0.6 is 0 Å². The number of nitrogens with zero attached hydrogens (tertiary/aromatic N) is 2. The fourth-order valence-corrected chi connectivity index (χ4v) is 3.53. The fourth-order valence-electron chi connectivity index (χ4n) is 3.53. The molecule has 4 aromatic rings. The summed E-state index contributed by atoms with van der Waals surface area (Å²) in [7, 11) is 0. The summed E-state index contributed by atoms with van der Waals surface area (Å²) in [5.74, 6) is 0.567. The average Bonchev–Trinajstić information content (AvgIpc) is 3.18. The first-order valence-electron chi connectivity index (χ1n) is 10.7. The van der Waals surface area contributed by atoms with E-state index in [9.17, 15) is 9.90 Å². The van der Waals surface area contributed by atoms with Crippen molar-refractivity contribution in [2.45, 2.75) is 39.2 Å². The lowest BCUT2D eigenvalue weighted by Gasteiger charge is -2.14. The van der Waals surface area contributed by atoms with Crippen LogP contribution in [0.25, 0.3) is 16.5 Å². The first-order chi connectivity index (χ1) is 15.2. The zero-order valence-corrected chi connectivity index (χ0v) is 18.8. The summed E-state index contributed by atoms with van der Waals surface area (Å²) >= 11 is 0. The van der Waals surface area contributed by atoms with Crippen molar-refractivity contribution < 1.29 is 9.90 Å². The number of aromatic nitrogens is 2. The number of hydrogen-bond acceptors (Lipinski definition) is 3. The van der Waals surface area contributed by atoms with Gasteiger partial charge in [0.25, 0.3) is 0 Å². The average molecular weight is 429 g/mol. The van der Waals surface area contributed by atoms with Crippen LogP contribution in [0, 0.1) is 0 Å². The van der Waals surface area contributed by atoms with E-state index >= 15 is 0 Å². The van der Waals surface area contributed by atoms with Crippen molar-refractivity contribution in [3.05, 3.63) is 84.1 Å². The highest BCUT2D eigenvalue weighted by Crippen LogP contribution is 2.28. The number of aliphatic hydroxyl groups is 1. The van der Waals surface area contributed by atoms with E-state index in [4.69, 9.17) is 5.10 Å². The van der Waals surface area contributed by atoms with Crippen LogP contribution in [0.5, 0.6) is 0 Å². The monoisotopic (exact) mass is 428 g/mol. The number of amides is 2. The van der Waals surface area contributed by atoms with E-state index in [2.05, 4.69) is 31.4 Å². The van der Waals surface area contributed by atoms with E-state index in [1.54, 1.807) is 11.6 Å². The normalized spacial score (nSPS) is 12.5. The largest absolute Gasteiger partial charge is 0.389 e. The fraction of sp³-hybridized carbons (Fsp3) is 0.231. The van der Waals surface area contributed by atoms with Gasteiger partial charge < -0.3 is 10.4 Å². The third-order valence-corrected chi connectivity index (χ3v) is 5.38. The highest BCUT2D eigenvalue weighted by atomic mass is 16.3. The maximum absolute atomic E-state index is 12.9. The second-order valence-electron chi connectivity index (χ2n) is 8.95. The molecular weight excluding hydrogens is 400 g/mol. The van der Waals surface area contributed by atoms with Gasteiger partial charge in [-0.1, -0.05) is 69.3 Å². The topological polar surface area (TPSA) is 79.2 Å². The Morgan fingerprint density at radius 3 is 2.34 bits per heavy atom. The molecule has 0 bridgehead atoms. The molecule has 4 rings (SSSR count). The molecule has 1 aromatic heterocycles. The quantitative estimate of drug-likeness (QED) is 0.372. The van der Waals surface area contributed by atoms with Gasteiger partial charge in [-0.15, -0.1) is 0 Å². The molecule has 3 aromatic carbocycles. The first-order valence-corrected chi connectivity index (χ1v) is 10.7. The molecule has 0 aliphatic rings. The van der Waals surface area contributed by atoms with E-state index in [1.807, 2.05) is 72.8 Å². The van der Waals surface area contributed by atoms with Gasteiger partial charge in [0, 0.05) is 16.9 Å². The summed E-state index contributed by atoms with van der Waals surface area (Å²) in [6.45, 7) is 7.97. The molecule has 0 aliphatic carbocycles. The molecule has 0 aliphatic heterocycles. The van der Waals surface area contributed by atoms with Crippen LogP contribution in [0.4, 0.5) is 16.3 Å². The summed E-state index contributed by atoms with van der Waals surface area (Å²) in [5, 5.41) is 22.5. The molecule has 1 unspecified atom stereocenters. The molecule has 32 heavy (non-hydrogen) atoms. The Labute approximate surface area is 187 Å². The Morgan fingerprint density at radius 2 is 1.66 bits per heavy atom. The molecule has 6 nitrogen and oxygen atoms in total. The lowest BCUT2D eigenvalue weighted by Crippen LogP contribution is -2.21. The van der Waals surface area contributed by atoms with E-state index in [0.717, 1.165) is 33.4 Å². The Balaban J connectivity index is 1.64. The minimum absolute atomic E-state index is 0.187. The summed E-state index contributed by atoms with van der Waals surface area (Å²) < 4.78 is 1.72. The molecule has 0 fully saturated rings. The number of benzene rings is 3. The van der Waals surface area contributed by atoms with Crippen molar-refractivity contribution in [2.24, 2.45) is 0 Å². The molecule has 6 heteroatoms. The Kier molecular flexibility index (Phi) is 5.72. The minimum Gasteiger partial charge on any atom is -0.389 e. The van der Waals surface area contributed by atoms with Gasteiger partial charge in [-0.3, -0.25) is 5.32 Å². The van der Waals surface area contributed by atoms with Crippen molar-refractivity contribution in [3.63, 3.8) is 0 Å². The zero-order valence-electron chi connectivity index (χ0n) is 18.8. The molecule has 3 N–H and O–H groups in total. The van der Waals surface area contributed by atoms with Crippen LogP contribution in [0.3, 0.4) is 0 Å². The Bertz CT molecular complexity index is 1250. The SMILES string of the molecule is CC(O)c1ccc(-n2nc(C(C)(C)C)cc2NC(=O)Nc2cccc3ccccc23)cc1. The van der Waals surface area contributed by atoms with Gasteiger partial charge in [0.1, 0.15) is 5.82 Å². The number of carbonyl (C=O) groups excluding carboxylic acids is 1. The third kappa shape index (κ3) is 4.50. The molecule has 0 spiro atoms. The number of carbonyl (C=O) groups is 1. The van der Waals surface area contributed by atoms with E-state index in [1.165, 1.54) is 0 Å². The van der Waals surface area contributed by atoms with Crippen LogP contribution in [0.15, 0.2) is 72.8 Å². The molecule has 0 saturated heterocycles. The van der Waals surface area contributed by atoms with E-state index in [-0.39, 0.29) is 11.4 Å². The smallest absolute Gasteiger partial charge is 0.324 e. The van der Waals surface area contributed by atoms with Crippen molar-refractivity contribution in [3.8, 4) is 5.69 Å². The van der Waals surface area contributed by atoms with Crippen molar-refractivity contribution >= 4 is 28.3 Å². The van der Waals surface area contributed by atoms with Crippen molar-refractivity contribution in [1.29, 1.82) is 0 Å². The van der Waals surface area contributed by atoms with E-state index in [0.29, 0.717) is 5.82 Å². The van der Waals surface area contributed by atoms with E-state index < -0.39 is 6.10 Å². The van der Waals surface area contributed by atoms with Gasteiger partial charge in [0.2, 0.25) is 0 Å². The second kappa shape index (κ2) is 8.48. The third-order valence-electron chi connectivity index (χ3n) is 5.38. The number of urea groups is 1. The van der Waals surface area contributed by atoms with Crippen molar-refractivity contribution in [2.75, 3.05) is 10.6 Å². The Hall–Kier alpha value is -3.64. The first kappa shape index (κ1) is 21.6. The minimum atomic E-state index is -0.545. The predicted molar refractivity (Wildman–Crippen MR) is 129 cm³/mol. The summed E-state index contributed by atoms with van der Waals surface area (Å²) in [6.07, 6.45) is -0.545. The molecule has 0 radical (unpaired) electrons. The second-order valence-corrected chi connectivity index (χ2v) is 8.95. The molecule has 164 valence electrons. The summed E-state index contributed by atoms with van der Waals surface area (Å²) in [5.41, 5.74) is 3.03. The number of fused-ring (bicyclic) bond motifs is 1. The summed E-state index contributed by atoms with van der Waals surface area (Å²) in [4.78, 5) is 12.9. The summed E-state index contributed by atoms with van der Waals surface area (Å²) in [6, 6.07) is 22.8. The maximum atomic E-state index is 12.9. The van der Waals surface area contributed by atoms with Gasteiger partial charge >= 0.3 is 6.03 Å². The standard InChI is InChI=1S/C26H28N4O2/c1-17(31)18-12-14-20(15-13-18)30-24(16-23(29-30)26(2,3)4)28-25(32)27-22-11-7-9-19-8-5-6-10-21(19)22/h5-17,31H,1-4H3,(H2,27,28,32). The molecule has 0 saturated carbocycles. The highest BCUT2D eigenvalue weighted by molar-refractivity contribution is 6.06. The van der Waals surface area contributed by atoms with Gasteiger partial charge in [-0.2, -0.15) is 5.10 Å². The molecular formula is C26H28N4O2. The van der Waals surface area contributed by atoms with Crippen LogP contribution in [0.2, 0.25) is 0 Å². The number of anilines is 2. The lowest BCUT2D eigenvalue weighted by atomic mass is 9.92. The molecule has 1 heterocycles. The molecule has 1 atom stereocenters.